The molecule has 1 N–H and O–H groups in total. The minimum Gasteiger partial charge on any atom is -0.320 e. The summed E-state index contributed by atoms with van der Waals surface area (Å²) in [6.07, 6.45) is 3.08. The van der Waals surface area contributed by atoms with Crippen molar-refractivity contribution in [3.8, 4) is 0 Å². The van der Waals surface area contributed by atoms with Crippen LogP contribution < -0.4 is 5.32 Å². The van der Waals surface area contributed by atoms with Gasteiger partial charge in [-0.2, -0.15) is 0 Å². The molecule has 2 aromatic heterocycles. The van der Waals surface area contributed by atoms with Gasteiger partial charge in [-0.3, -0.25) is 5.32 Å². The standard InChI is InChI=1S/C16H20N4OS/c1-10-6-4-9-14(17-10)19-16(21)20(3)13-8-5-7-12-15(13)22-11(2)18-12/h4,6,9,13H,5,7-8H2,1-3H3,(H,17,19,21)/t13-/m1/s1. The summed E-state index contributed by atoms with van der Waals surface area (Å²) in [4.78, 5) is 24.4. The van der Waals surface area contributed by atoms with Crippen molar-refractivity contribution in [1.29, 1.82) is 0 Å². The van der Waals surface area contributed by atoms with Gasteiger partial charge in [0.25, 0.3) is 0 Å². The average molecular weight is 316 g/mol. The number of thiazole rings is 1. The van der Waals surface area contributed by atoms with Crippen LogP contribution in [-0.4, -0.2) is 27.9 Å². The van der Waals surface area contributed by atoms with E-state index in [0.717, 1.165) is 35.7 Å². The summed E-state index contributed by atoms with van der Waals surface area (Å²) in [5.74, 6) is 0.591. The quantitative estimate of drug-likeness (QED) is 0.919. The lowest BCUT2D eigenvalue weighted by Gasteiger charge is -2.30. The predicted molar refractivity (Wildman–Crippen MR) is 88.3 cm³/mol. The number of aromatic nitrogens is 2. The Kier molecular flexibility index (Phi) is 4.11. The molecular formula is C16H20N4OS. The minimum atomic E-state index is -0.123. The van der Waals surface area contributed by atoms with Gasteiger partial charge in [-0.1, -0.05) is 6.07 Å². The van der Waals surface area contributed by atoms with Crippen molar-refractivity contribution < 1.29 is 4.79 Å². The Labute approximate surface area is 134 Å². The number of urea groups is 1. The Bertz CT molecular complexity index is 697. The number of carbonyl (C=O) groups is 1. The Morgan fingerprint density at radius 2 is 2.18 bits per heavy atom. The molecule has 6 heteroatoms. The van der Waals surface area contributed by atoms with Gasteiger partial charge in [0.15, 0.2) is 0 Å². The smallest absolute Gasteiger partial charge is 0.320 e. The maximum Gasteiger partial charge on any atom is 0.323 e. The van der Waals surface area contributed by atoms with E-state index in [1.54, 1.807) is 16.2 Å². The maximum atomic E-state index is 12.5. The van der Waals surface area contributed by atoms with Crippen LogP contribution in [0.15, 0.2) is 18.2 Å². The number of anilines is 1. The molecule has 2 amide bonds. The number of fused-ring (bicyclic) bond motifs is 1. The van der Waals surface area contributed by atoms with Crippen molar-refractivity contribution >= 4 is 23.2 Å². The lowest BCUT2D eigenvalue weighted by Crippen LogP contribution is -2.36. The first-order valence-corrected chi connectivity index (χ1v) is 8.30. The summed E-state index contributed by atoms with van der Waals surface area (Å²) in [7, 11) is 1.85. The van der Waals surface area contributed by atoms with Gasteiger partial charge in [-0.15, -0.1) is 11.3 Å². The summed E-state index contributed by atoms with van der Waals surface area (Å²) in [6.45, 7) is 3.93. The van der Waals surface area contributed by atoms with Gasteiger partial charge in [0.2, 0.25) is 0 Å². The third kappa shape index (κ3) is 2.97. The minimum absolute atomic E-state index is 0.111. The van der Waals surface area contributed by atoms with Gasteiger partial charge >= 0.3 is 6.03 Å². The molecule has 2 aromatic rings. The van der Waals surface area contributed by atoms with Crippen molar-refractivity contribution in [1.82, 2.24) is 14.9 Å². The number of amides is 2. The van der Waals surface area contributed by atoms with E-state index in [9.17, 15) is 4.79 Å². The van der Waals surface area contributed by atoms with Crippen LogP contribution >= 0.6 is 11.3 Å². The lowest BCUT2D eigenvalue weighted by atomic mass is 9.97. The number of aryl methyl sites for hydroxylation is 3. The molecule has 116 valence electrons. The van der Waals surface area contributed by atoms with Crippen molar-refractivity contribution in [2.24, 2.45) is 0 Å². The molecule has 0 radical (unpaired) electrons. The Hall–Kier alpha value is -1.95. The second-order valence-corrected chi connectivity index (χ2v) is 6.89. The van der Waals surface area contributed by atoms with Crippen LogP contribution in [0.3, 0.4) is 0 Å². The number of hydrogen-bond donors (Lipinski definition) is 1. The number of nitrogens with zero attached hydrogens (tertiary/aromatic N) is 3. The SMILES string of the molecule is Cc1cccc(NC(=O)N(C)[C@@H]2CCCc3nc(C)sc32)n1. The lowest BCUT2D eigenvalue weighted by molar-refractivity contribution is 0.198. The fraction of sp³-hybridized carbons (Fsp3) is 0.438. The molecule has 1 aliphatic rings. The number of carbonyl (C=O) groups excluding carboxylic acids is 1. The molecule has 0 aliphatic heterocycles. The topological polar surface area (TPSA) is 58.1 Å². The molecule has 0 saturated carbocycles. The van der Waals surface area contributed by atoms with E-state index < -0.39 is 0 Å². The normalized spacial score (nSPS) is 17.0. The number of nitrogens with one attached hydrogen (secondary N) is 1. The third-order valence-electron chi connectivity index (χ3n) is 3.94. The highest BCUT2D eigenvalue weighted by molar-refractivity contribution is 7.11. The van der Waals surface area contributed by atoms with Crippen LogP contribution in [0.1, 0.15) is 40.2 Å². The second-order valence-electron chi connectivity index (χ2n) is 5.66. The van der Waals surface area contributed by atoms with E-state index in [1.165, 1.54) is 4.88 Å². The summed E-state index contributed by atoms with van der Waals surface area (Å²) in [6, 6.07) is 5.60. The monoisotopic (exact) mass is 316 g/mol. The van der Waals surface area contributed by atoms with E-state index >= 15 is 0 Å². The number of hydrogen-bond acceptors (Lipinski definition) is 4. The third-order valence-corrected chi connectivity index (χ3v) is 5.05. The first kappa shape index (κ1) is 15.0. The highest BCUT2D eigenvalue weighted by Crippen LogP contribution is 2.37. The Balaban J connectivity index is 1.76. The Morgan fingerprint density at radius 3 is 2.95 bits per heavy atom. The van der Waals surface area contributed by atoms with Crippen LogP contribution in [0.4, 0.5) is 10.6 Å². The molecular weight excluding hydrogens is 296 g/mol. The fourth-order valence-corrected chi connectivity index (χ4v) is 3.99. The number of rotatable bonds is 2. The van der Waals surface area contributed by atoms with Crippen LogP contribution in [-0.2, 0) is 6.42 Å². The summed E-state index contributed by atoms with van der Waals surface area (Å²) >= 11 is 1.70. The van der Waals surface area contributed by atoms with Crippen molar-refractivity contribution in [2.45, 2.75) is 39.2 Å². The molecule has 1 aliphatic carbocycles. The summed E-state index contributed by atoms with van der Waals surface area (Å²) < 4.78 is 0. The Morgan fingerprint density at radius 1 is 1.36 bits per heavy atom. The summed E-state index contributed by atoms with van der Waals surface area (Å²) in [5.41, 5.74) is 2.05. The molecule has 0 unspecified atom stereocenters. The van der Waals surface area contributed by atoms with Crippen LogP contribution in [0.25, 0.3) is 0 Å². The number of pyridine rings is 1. The van der Waals surface area contributed by atoms with Crippen molar-refractivity contribution in [2.75, 3.05) is 12.4 Å². The molecule has 3 rings (SSSR count). The molecule has 0 spiro atoms. The summed E-state index contributed by atoms with van der Waals surface area (Å²) in [5, 5.41) is 3.95. The van der Waals surface area contributed by atoms with E-state index in [-0.39, 0.29) is 12.1 Å². The first-order chi connectivity index (χ1) is 10.5. The van der Waals surface area contributed by atoms with Crippen LogP contribution in [0.2, 0.25) is 0 Å². The van der Waals surface area contributed by atoms with Gasteiger partial charge in [-0.25, -0.2) is 14.8 Å². The predicted octanol–water partition coefficient (Wildman–Crippen LogP) is 3.70. The van der Waals surface area contributed by atoms with Gasteiger partial charge in [0.05, 0.1) is 21.6 Å². The highest BCUT2D eigenvalue weighted by Gasteiger charge is 2.29. The van der Waals surface area contributed by atoms with Crippen LogP contribution in [0.5, 0.6) is 0 Å². The van der Waals surface area contributed by atoms with E-state index in [4.69, 9.17) is 0 Å². The zero-order valence-corrected chi connectivity index (χ0v) is 13.9. The zero-order valence-electron chi connectivity index (χ0n) is 13.1. The highest BCUT2D eigenvalue weighted by atomic mass is 32.1. The van der Waals surface area contributed by atoms with Crippen molar-refractivity contribution in [3.05, 3.63) is 39.5 Å². The largest absolute Gasteiger partial charge is 0.323 e. The van der Waals surface area contributed by atoms with E-state index in [1.807, 2.05) is 39.1 Å². The molecule has 5 nitrogen and oxygen atoms in total. The molecule has 22 heavy (non-hydrogen) atoms. The zero-order chi connectivity index (χ0) is 15.7. The van der Waals surface area contributed by atoms with Gasteiger partial charge in [0, 0.05) is 12.7 Å². The van der Waals surface area contributed by atoms with E-state index in [2.05, 4.69) is 15.3 Å². The fourth-order valence-electron chi connectivity index (χ4n) is 2.84. The van der Waals surface area contributed by atoms with Gasteiger partial charge < -0.3 is 4.90 Å². The first-order valence-electron chi connectivity index (χ1n) is 7.48. The molecule has 2 heterocycles. The average Bonchev–Trinajstić information content (AvgIpc) is 2.86. The molecule has 0 fully saturated rings. The molecule has 1 atom stereocenters. The van der Waals surface area contributed by atoms with Crippen LogP contribution in [0, 0.1) is 13.8 Å². The van der Waals surface area contributed by atoms with Crippen molar-refractivity contribution in [3.63, 3.8) is 0 Å². The molecule has 0 saturated heterocycles. The molecule has 0 aromatic carbocycles. The molecule has 0 bridgehead atoms. The van der Waals surface area contributed by atoms with Gasteiger partial charge in [-0.05, 0) is 45.2 Å². The van der Waals surface area contributed by atoms with Gasteiger partial charge in [0.1, 0.15) is 5.82 Å². The second kappa shape index (κ2) is 6.04. The maximum absolute atomic E-state index is 12.5. The van der Waals surface area contributed by atoms with E-state index in [0.29, 0.717) is 5.82 Å².